The summed E-state index contributed by atoms with van der Waals surface area (Å²) in [5.41, 5.74) is 1.68. The summed E-state index contributed by atoms with van der Waals surface area (Å²) < 4.78 is 10.9. The Morgan fingerprint density at radius 3 is 2.30 bits per heavy atom. The molecule has 0 aliphatic rings. The summed E-state index contributed by atoms with van der Waals surface area (Å²) in [6.45, 7) is -0.266. The van der Waals surface area contributed by atoms with Gasteiger partial charge in [0.1, 0.15) is 11.5 Å². The van der Waals surface area contributed by atoms with Gasteiger partial charge in [-0.2, -0.15) is 0 Å². The third-order valence-electron chi connectivity index (χ3n) is 4.52. The molecular weight excluding hydrogens is 346 g/mol. The molecule has 0 aliphatic carbocycles. The van der Waals surface area contributed by atoms with E-state index in [1.54, 1.807) is 31.4 Å². The Bertz CT molecular complexity index is 902. The average Bonchev–Trinajstić information content (AvgIpc) is 3.17. The summed E-state index contributed by atoms with van der Waals surface area (Å²) in [4.78, 5) is 22.2. The number of carbonyl (C=O) groups is 1. The van der Waals surface area contributed by atoms with Gasteiger partial charge in [0.15, 0.2) is 12.0 Å². The van der Waals surface area contributed by atoms with Crippen molar-refractivity contribution in [2.75, 3.05) is 13.7 Å². The average molecular weight is 365 g/mol. The van der Waals surface area contributed by atoms with E-state index in [4.69, 9.17) is 9.15 Å². The van der Waals surface area contributed by atoms with Crippen molar-refractivity contribution < 1.29 is 18.9 Å². The number of nitrogens with zero attached hydrogens (tertiary/aromatic N) is 1. The van der Waals surface area contributed by atoms with Crippen molar-refractivity contribution in [3.63, 3.8) is 0 Å². The highest BCUT2D eigenvalue weighted by atomic mass is 16.6. The fourth-order valence-electron chi connectivity index (χ4n) is 3.27. The molecule has 0 spiro atoms. The normalized spacial score (nSPS) is 12.9. The number of methoxy groups -OCH3 is 1. The van der Waals surface area contributed by atoms with Gasteiger partial charge in [0.25, 0.3) is 0 Å². The van der Waals surface area contributed by atoms with E-state index in [-0.39, 0.29) is 17.2 Å². The highest BCUT2D eigenvalue weighted by molar-refractivity contribution is 5.70. The molecule has 3 rings (SSSR count). The molecule has 0 saturated carbocycles. The Hall–Kier alpha value is -3.41. The van der Waals surface area contributed by atoms with Crippen LogP contribution in [-0.4, -0.2) is 24.9 Å². The molecule has 3 aromatic rings. The van der Waals surface area contributed by atoms with Crippen LogP contribution in [0.15, 0.2) is 71.1 Å². The van der Waals surface area contributed by atoms with Gasteiger partial charge in [0.05, 0.1) is 18.9 Å². The molecule has 0 saturated heterocycles. The van der Waals surface area contributed by atoms with Crippen LogP contribution >= 0.6 is 0 Å². The summed E-state index contributed by atoms with van der Waals surface area (Å²) in [6.07, 6.45) is 0.625. The van der Waals surface area contributed by atoms with E-state index in [0.29, 0.717) is 17.8 Å². The third kappa shape index (κ3) is 4.23. The van der Waals surface area contributed by atoms with Crippen molar-refractivity contribution in [2.24, 2.45) is 0 Å². The first kappa shape index (κ1) is 18.4. The number of furan rings is 1. The minimum Gasteiger partial charge on any atom is -0.497 e. The monoisotopic (exact) mass is 365 g/mol. The highest BCUT2D eigenvalue weighted by Crippen LogP contribution is 2.39. The van der Waals surface area contributed by atoms with Crippen molar-refractivity contribution in [1.29, 1.82) is 0 Å². The second-order valence-corrected chi connectivity index (χ2v) is 6.14. The maximum Gasteiger partial charge on any atom is 0.211 e. The van der Waals surface area contributed by atoms with Gasteiger partial charge in [-0.05, 0) is 35.4 Å². The summed E-state index contributed by atoms with van der Waals surface area (Å²) in [7, 11) is 1.58. The van der Waals surface area contributed by atoms with Gasteiger partial charge in [0.2, 0.25) is 6.54 Å². The highest BCUT2D eigenvalue weighted by Gasteiger charge is 2.33. The van der Waals surface area contributed by atoms with Crippen molar-refractivity contribution in [3.05, 3.63) is 99.5 Å². The molecule has 27 heavy (non-hydrogen) atoms. The first-order chi connectivity index (χ1) is 13.1. The second-order valence-electron chi connectivity index (χ2n) is 6.14. The quantitative estimate of drug-likeness (QED) is 0.338. The minimum absolute atomic E-state index is 0.191. The molecule has 0 fully saturated rings. The van der Waals surface area contributed by atoms with Crippen LogP contribution in [0.25, 0.3) is 0 Å². The van der Waals surface area contributed by atoms with Gasteiger partial charge >= 0.3 is 0 Å². The fourth-order valence-corrected chi connectivity index (χ4v) is 3.27. The van der Waals surface area contributed by atoms with Crippen LogP contribution in [0.4, 0.5) is 0 Å². The van der Waals surface area contributed by atoms with Crippen LogP contribution in [0.5, 0.6) is 5.75 Å². The molecule has 0 bridgehead atoms. The smallest absolute Gasteiger partial charge is 0.211 e. The zero-order valence-corrected chi connectivity index (χ0v) is 14.8. The lowest BCUT2D eigenvalue weighted by atomic mass is 9.80. The van der Waals surface area contributed by atoms with Crippen molar-refractivity contribution >= 4 is 6.29 Å². The van der Waals surface area contributed by atoms with Crippen LogP contribution < -0.4 is 4.74 Å². The standard InChI is InChI=1S/C21H19NO5/c1-26-17-9-7-16(8-10-17)21(20-12-11-18(14-23)27-20)19(13-22(24)25)15-5-3-2-4-6-15/h2-12,14,19,21H,13H2,1H3/t19-,21+/m1/s1. The lowest BCUT2D eigenvalue weighted by Gasteiger charge is -2.24. The lowest BCUT2D eigenvalue weighted by Crippen LogP contribution is -2.21. The molecule has 138 valence electrons. The lowest BCUT2D eigenvalue weighted by molar-refractivity contribution is -0.483. The Labute approximate surface area is 156 Å². The van der Waals surface area contributed by atoms with Gasteiger partial charge in [0, 0.05) is 4.92 Å². The largest absolute Gasteiger partial charge is 0.497 e. The number of aldehydes is 1. The number of nitro groups is 1. The SMILES string of the molecule is COc1ccc([C@H](c2ccc(C=O)o2)[C@H](C[N+](=O)[O-])c2ccccc2)cc1. The first-order valence-electron chi connectivity index (χ1n) is 8.48. The van der Waals surface area contributed by atoms with E-state index in [1.165, 1.54) is 0 Å². The third-order valence-corrected chi connectivity index (χ3v) is 4.52. The Morgan fingerprint density at radius 1 is 1.04 bits per heavy atom. The molecule has 0 unspecified atom stereocenters. The molecule has 6 nitrogen and oxygen atoms in total. The maximum atomic E-state index is 11.4. The van der Waals surface area contributed by atoms with Gasteiger partial charge in [-0.15, -0.1) is 0 Å². The molecule has 0 N–H and O–H groups in total. The van der Waals surface area contributed by atoms with Crippen LogP contribution in [0, 0.1) is 10.1 Å². The first-order valence-corrected chi connectivity index (χ1v) is 8.48. The predicted molar refractivity (Wildman–Crippen MR) is 100.0 cm³/mol. The second kappa shape index (κ2) is 8.31. The molecule has 1 aromatic heterocycles. The van der Waals surface area contributed by atoms with E-state index in [2.05, 4.69) is 0 Å². The van der Waals surface area contributed by atoms with E-state index < -0.39 is 11.8 Å². The molecular formula is C21H19NO5. The van der Waals surface area contributed by atoms with Crippen LogP contribution in [0.3, 0.4) is 0 Å². The summed E-state index contributed by atoms with van der Waals surface area (Å²) in [5.74, 6) is 0.517. The van der Waals surface area contributed by atoms with Gasteiger partial charge < -0.3 is 9.15 Å². The fraction of sp³-hybridized carbons (Fsp3) is 0.190. The Morgan fingerprint density at radius 2 is 1.74 bits per heavy atom. The molecule has 2 aromatic carbocycles. The van der Waals surface area contributed by atoms with Crippen LogP contribution in [-0.2, 0) is 0 Å². The van der Waals surface area contributed by atoms with Gasteiger partial charge in [-0.3, -0.25) is 14.9 Å². The summed E-state index contributed by atoms with van der Waals surface area (Å²) >= 11 is 0. The minimum atomic E-state index is -0.458. The number of hydrogen-bond acceptors (Lipinski definition) is 5. The zero-order chi connectivity index (χ0) is 19.2. The summed E-state index contributed by atoms with van der Waals surface area (Å²) in [6, 6.07) is 19.9. The molecule has 0 aliphatic heterocycles. The zero-order valence-electron chi connectivity index (χ0n) is 14.8. The number of benzene rings is 2. The van der Waals surface area contributed by atoms with E-state index in [9.17, 15) is 14.9 Å². The molecule has 6 heteroatoms. The van der Waals surface area contributed by atoms with Gasteiger partial charge in [-0.1, -0.05) is 42.5 Å². The number of hydrogen-bond donors (Lipinski definition) is 0. The molecule has 0 radical (unpaired) electrons. The van der Waals surface area contributed by atoms with Crippen LogP contribution in [0.1, 0.15) is 39.3 Å². The Kier molecular flexibility index (Phi) is 5.66. The molecule has 2 atom stereocenters. The van der Waals surface area contributed by atoms with Crippen molar-refractivity contribution in [2.45, 2.75) is 11.8 Å². The maximum absolute atomic E-state index is 11.4. The van der Waals surface area contributed by atoms with E-state index in [1.807, 2.05) is 42.5 Å². The van der Waals surface area contributed by atoms with Gasteiger partial charge in [-0.25, -0.2) is 0 Å². The van der Waals surface area contributed by atoms with E-state index in [0.717, 1.165) is 11.1 Å². The number of ether oxygens (including phenoxy) is 1. The predicted octanol–water partition coefficient (Wildman–Crippen LogP) is 4.29. The molecule has 0 amide bonds. The molecule has 1 heterocycles. The number of carbonyl (C=O) groups excluding carboxylic acids is 1. The van der Waals surface area contributed by atoms with Crippen LogP contribution in [0.2, 0.25) is 0 Å². The van der Waals surface area contributed by atoms with Crippen molar-refractivity contribution in [3.8, 4) is 5.75 Å². The topological polar surface area (TPSA) is 82.6 Å². The van der Waals surface area contributed by atoms with Crippen molar-refractivity contribution in [1.82, 2.24) is 0 Å². The van der Waals surface area contributed by atoms with E-state index >= 15 is 0 Å². The Balaban J connectivity index is 2.12. The number of rotatable bonds is 8. The summed E-state index contributed by atoms with van der Waals surface area (Å²) in [5, 5.41) is 11.4.